The lowest BCUT2D eigenvalue weighted by Gasteiger charge is -2.08. The zero-order valence-corrected chi connectivity index (χ0v) is 13.7. The Labute approximate surface area is 147 Å². The Balaban J connectivity index is 1.62. The van der Waals surface area contributed by atoms with E-state index in [0.29, 0.717) is 22.7 Å². The van der Waals surface area contributed by atoms with Gasteiger partial charge in [0, 0.05) is 17.3 Å². The molecule has 0 unspecified atom stereocenters. The number of fused-ring (bicyclic) bond motifs is 1. The van der Waals surface area contributed by atoms with Crippen LogP contribution in [0.15, 0.2) is 36.4 Å². The number of hydrogen-bond acceptors (Lipinski definition) is 7. The van der Waals surface area contributed by atoms with Crippen molar-refractivity contribution in [3.05, 3.63) is 57.6 Å². The summed E-state index contributed by atoms with van der Waals surface area (Å²) in [6.45, 7) is 1.04. The van der Waals surface area contributed by atoms with Crippen LogP contribution in [-0.4, -0.2) is 30.2 Å². The second kappa shape index (κ2) is 7.09. The fourth-order valence-electron chi connectivity index (χ4n) is 2.45. The van der Waals surface area contributed by atoms with Gasteiger partial charge in [-0.25, -0.2) is 4.79 Å². The molecule has 1 aliphatic rings. The predicted molar refractivity (Wildman–Crippen MR) is 89.3 cm³/mol. The molecule has 9 heteroatoms. The van der Waals surface area contributed by atoms with Crippen LogP contribution in [0.5, 0.6) is 11.5 Å². The standard InChI is InChI=1S/C17H14N2O7/c1-10-3-2-4-12(16(10)19(22)23)17(21)24-8-15(20)18-11-5-6-13-14(7-11)26-9-25-13/h2-7H,8-9H2,1H3,(H,18,20). The lowest BCUT2D eigenvalue weighted by molar-refractivity contribution is -0.385. The molecule has 0 saturated heterocycles. The van der Waals surface area contributed by atoms with Crippen molar-refractivity contribution in [2.45, 2.75) is 6.92 Å². The average Bonchev–Trinajstić information content (AvgIpc) is 3.06. The first-order valence-electron chi connectivity index (χ1n) is 7.56. The van der Waals surface area contributed by atoms with Crippen LogP contribution < -0.4 is 14.8 Å². The van der Waals surface area contributed by atoms with Gasteiger partial charge >= 0.3 is 5.97 Å². The number of nitrogens with one attached hydrogen (secondary N) is 1. The molecular formula is C17H14N2O7. The minimum atomic E-state index is -0.943. The molecule has 134 valence electrons. The number of carbonyl (C=O) groups is 2. The molecule has 0 fully saturated rings. The summed E-state index contributed by atoms with van der Waals surface area (Å²) in [6, 6.07) is 9.13. The summed E-state index contributed by atoms with van der Waals surface area (Å²) in [5.74, 6) is -0.467. The predicted octanol–water partition coefficient (Wildman–Crippen LogP) is 2.43. The van der Waals surface area contributed by atoms with Crippen molar-refractivity contribution in [2.75, 3.05) is 18.7 Å². The van der Waals surface area contributed by atoms with E-state index in [1.807, 2.05) is 0 Å². The van der Waals surface area contributed by atoms with E-state index in [9.17, 15) is 19.7 Å². The van der Waals surface area contributed by atoms with E-state index in [1.165, 1.54) is 25.1 Å². The number of carbonyl (C=O) groups excluding carboxylic acids is 2. The number of aryl methyl sites for hydroxylation is 1. The summed E-state index contributed by atoms with van der Waals surface area (Å²) < 4.78 is 15.3. The van der Waals surface area contributed by atoms with Crippen LogP contribution in [-0.2, 0) is 9.53 Å². The normalized spacial score (nSPS) is 11.7. The van der Waals surface area contributed by atoms with Crippen LogP contribution in [0.3, 0.4) is 0 Å². The quantitative estimate of drug-likeness (QED) is 0.495. The lowest BCUT2D eigenvalue weighted by Crippen LogP contribution is -2.21. The molecule has 1 aliphatic heterocycles. The van der Waals surface area contributed by atoms with Gasteiger partial charge in [-0.05, 0) is 25.1 Å². The Morgan fingerprint density at radius 1 is 1.23 bits per heavy atom. The van der Waals surface area contributed by atoms with Crippen molar-refractivity contribution >= 4 is 23.3 Å². The molecule has 9 nitrogen and oxygen atoms in total. The Bertz CT molecular complexity index is 895. The van der Waals surface area contributed by atoms with Gasteiger partial charge in [-0.3, -0.25) is 14.9 Å². The number of rotatable bonds is 5. The molecule has 26 heavy (non-hydrogen) atoms. The maximum atomic E-state index is 12.1. The summed E-state index contributed by atoms with van der Waals surface area (Å²) in [6.07, 6.45) is 0. The van der Waals surface area contributed by atoms with Crippen LogP contribution in [0.2, 0.25) is 0 Å². The van der Waals surface area contributed by atoms with Crippen LogP contribution in [0.25, 0.3) is 0 Å². The smallest absolute Gasteiger partial charge is 0.345 e. The van der Waals surface area contributed by atoms with Gasteiger partial charge in [-0.2, -0.15) is 0 Å². The average molecular weight is 358 g/mol. The molecule has 1 N–H and O–H groups in total. The van der Waals surface area contributed by atoms with Gasteiger partial charge in [0.15, 0.2) is 18.1 Å². The van der Waals surface area contributed by atoms with Gasteiger partial charge in [-0.1, -0.05) is 12.1 Å². The van der Waals surface area contributed by atoms with Gasteiger partial charge < -0.3 is 19.5 Å². The monoisotopic (exact) mass is 358 g/mol. The largest absolute Gasteiger partial charge is 0.454 e. The first-order valence-corrected chi connectivity index (χ1v) is 7.56. The summed E-state index contributed by atoms with van der Waals surface area (Å²) >= 11 is 0. The molecule has 0 saturated carbocycles. The maximum absolute atomic E-state index is 12.1. The number of hydrogen-bond donors (Lipinski definition) is 1. The molecule has 0 aromatic heterocycles. The zero-order chi connectivity index (χ0) is 18.7. The third kappa shape index (κ3) is 3.56. The van der Waals surface area contributed by atoms with E-state index in [0.717, 1.165) is 0 Å². The fourth-order valence-corrected chi connectivity index (χ4v) is 2.45. The molecule has 0 radical (unpaired) electrons. The number of para-hydroxylation sites is 1. The second-order valence-electron chi connectivity index (χ2n) is 5.42. The van der Waals surface area contributed by atoms with Crippen molar-refractivity contribution in [1.29, 1.82) is 0 Å². The van der Waals surface area contributed by atoms with Crippen LogP contribution in [0, 0.1) is 17.0 Å². The minimum absolute atomic E-state index is 0.111. The van der Waals surface area contributed by atoms with E-state index >= 15 is 0 Å². The van der Waals surface area contributed by atoms with Gasteiger partial charge in [0.05, 0.1) is 4.92 Å². The zero-order valence-electron chi connectivity index (χ0n) is 13.7. The highest BCUT2D eigenvalue weighted by atomic mass is 16.7. The van der Waals surface area contributed by atoms with Crippen LogP contribution in [0.4, 0.5) is 11.4 Å². The molecule has 2 aromatic carbocycles. The van der Waals surface area contributed by atoms with Crippen molar-refractivity contribution in [1.82, 2.24) is 0 Å². The van der Waals surface area contributed by atoms with Gasteiger partial charge in [-0.15, -0.1) is 0 Å². The van der Waals surface area contributed by atoms with E-state index in [4.69, 9.17) is 14.2 Å². The highest BCUT2D eigenvalue weighted by Gasteiger charge is 2.24. The number of anilines is 1. The molecule has 2 aromatic rings. The number of nitro groups is 1. The summed E-state index contributed by atoms with van der Waals surface area (Å²) in [4.78, 5) is 34.5. The molecule has 0 spiro atoms. The molecule has 0 atom stereocenters. The third-order valence-electron chi connectivity index (χ3n) is 3.63. The Morgan fingerprint density at radius 3 is 2.77 bits per heavy atom. The molecule has 1 amide bonds. The Morgan fingerprint density at radius 2 is 2.00 bits per heavy atom. The van der Waals surface area contributed by atoms with Crippen molar-refractivity contribution in [3.63, 3.8) is 0 Å². The highest BCUT2D eigenvalue weighted by Crippen LogP contribution is 2.34. The summed E-state index contributed by atoms with van der Waals surface area (Å²) in [5.41, 5.74) is 0.227. The highest BCUT2D eigenvalue weighted by molar-refractivity contribution is 5.98. The molecule has 0 bridgehead atoms. The van der Waals surface area contributed by atoms with Gasteiger partial charge in [0.2, 0.25) is 6.79 Å². The molecule has 3 rings (SSSR count). The Hall–Kier alpha value is -3.62. The summed E-state index contributed by atoms with van der Waals surface area (Å²) in [5, 5.41) is 13.7. The number of ether oxygens (including phenoxy) is 3. The van der Waals surface area contributed by atoms with E-state index in [1.54, 1.807) is 18.2 Å². The van der Waals surface area contributed by atoms with E-state index in [2.05, 4.69) is 5.32 Å². The first kappa shape index (κ1) is 17.2. The topological polar surface area (TPSA) is 117 Å². The first-order chi connectivity index (χ1) is 12.5. The van der Waals surface area contributed by atoms with Crippen LogP contribution >= 0.6 is 0 Å². The number of nitrogens with zero attached hydrogens (tertiary/aromatic N) is 1. The SMILES string of the molecule is Cc1cccc(C(=O)OCC(=O)Nc2ccc3c(c2)OCO3)c1[N+](=O)[O-]. The number of amides is 1. The number of esters is 1. The van der Waals surface area contributed by atoms with Gasteiger partial charge in [0.25, 0.3) is 11.6 Å². The number of benzene rings is 2. The maximum Gasteiger partial charge on any atom is 0.345 e. The third-order valence-corrected chi connectivity index (χ3v) is 3.63. The summed E-state index contributed by atoms with van der Waals surface area (Å²) in [7, 11) is 0. The van der Waals surface area contributed by atoms with Crippen molar-refractivity contribution in [3.8, 4) is 11.5 Å². The Kier molecular flexibility index (Phi) is 4.70. The molecular weight excluding hydrogens is 344 g/mol. The van der Waals surface area contributed by atoms with Crippen molar-refractivity contribution < 1.29 is 28.7 Å². The van der Waals surface area contributed by atoms with E-state index < -0.39 is 23.4 Å². The van der Waals surface area contributed by atoms with Crippen LogP contribution in [0.1, 0.15) is 15.9 Å². The molecule has 1 heterocycles. The minimum Gasteiger partial charge on any atom is -0.454 e. The van der Waals surface area contributed by atoms with Crippen molar-refractivity contribution in [2.24, 2.45) is 0 Å². The van der Waals surface area contributed by atoms with E-state index in [-0.39, 0.29) is 18.0 Å². The molecule has 0 aliphatic carbocycles. The lowest BCUT2D eigenvalue weighted by atomic mass is 10.1. The number of nitro benzene ring substituents is 1. The second-order valence-corrected chi connectivity index (χ2v) is 5.42. The van der Waals surface area contributed by atoms with Gasteiger partial charge in [0.1, 0.15) is 5.56 Å². The fraction of sp³-hybridized carbons (Fsp3) is 0.176.